The molecule has 0 amide bonds. The lowest BCUT2D eigenvalue weighted by atomic mass is 10.1. The summed E-state index contributed by atoms with van der Waals surface area (Å²) in [5, 5.41) is 12.6. The third kappa shape index (κ3) is 4.92. The number of phenols is 1. The van der Waals surface area contributed by atoms with E-state index in [0.29, 0.717) is 14.3 Å². The topological polar surface area (TPSA) is 23.5 Å². The van der Waals surface area contributed by atoms with Crippen LogP contribution in [0.15, 0.2) is 72.8 Å². The molecule has 0 saturated carbocycles. The minimum atomic E-state index is 0.384. The van der Waals surface area contributed by atoms with Crippen LogP contribution in [-0.2, 0) is 13.0 Å². The average Bonchev–Trinajstić information content (AvgIpc) is 2.60. The average molecular weight is 349 g/mol. The van der Waals surface area contributed by atoms with E-state index in [9.17, 15) is 5.11 Å². The summed E-state index contributed by atoms with van der Waals surface area (Å²) >= 11 is 0. The van der Waals surface area contributed by atoms with Crippen molar-refractivity contribution in [3.05, 3.63) is 89.5 Å². The van der Waals surface area contributed by atoms with Gasteiger partial charge in [0, 0.05) is 11.8 Å². The zero-order valence-electron chi connectivity index (χ0n) is 14.7. The number of phenolic OH excluding ortho intramolecular Hbond substituents is 1. The number of benzene rings is 3. The van der Waals surface area contributed by atoms with Crippen molar-refractivity contribution in [2.75, 3.05) is 14.1 Å². The molecule has 0 bridgehead atoms. The van der Waals surface area contributed by atoms with Gasteiger partial charge in [-0.25, -0.2) is 0 Å². The smallest absolute Gasteiger partial charge is 0.123 e. The Balaban J connectivity index is 1.84. The SMILES string of the molecule is CN(C)Cc1ccccc1Pc1cc(Cc2ccccc2)ccc1O. The van der Waals surface area contributed by atoms with E-state index >= 15 is 0 Å². The molecule has 1 N–H and O–H groups in total. The highest BCUT2D eigenvalue weighted by atomic mass is 31.1. The van der Waals surface area contributed by atoms with Crippen LogP contribution in [-0.4, -0.2) is 24.1 Å². The van der Waals surface area contributed by atoms with Gasteiger partial charge in [0.05, 0.1) is 0 Å². The summed E-state index contributed by atoms with van der Waals surface area (Å²) < 4.78 is 0. The Labute approximate surface area is 151 Å². The fraction of sp³-hybridized carbons (Fsp3) is 0.182. The number of rotatable bonds is 6. The van der Waals surface area contributed by atoms with Crippen LogP contribution in [0.2, 0.25) is 0 Å². The third-order valence-corrected chi connectivity index (χ3v) is 5.51. The summed E-state index contributed by atoms with van der Waals surface area (Å²) in [6.45, 7) is 0.910. The molecule has 128 valence electrons. The molecule has 0 saturated heterocycles. The maximum atomic E-state index is 10.3. The largest absolute Gasteiger partial charge is 0.507 e. The van der Waals surface area contributed by atoms with Crippen LogP contribution in [0.25, 0.3) is 0 Å². The lowest BCUT2D eigenvalue weighted by Gasteiger charge is -2.15. The molecular formula is C22H24NOP. The molecule has 1 atom stereocenters. The number of hydrogen-bond acceptors (Lipinski definition) is 2. The molecule has 3 heteroatoms. The van der Waals surface area contributed by atoms with E-state index in [-0.39, 0.29) is 0 Å². The van der Waals surface area contributed by atoms with Gasteiger partial charge in [0.25, 0.3) is 0 Å². The molecule has 3 aromatic carbocycles. The van der Waals surface area contributed by atoms with E-state index < -0.39 is 0 Å². The maximum Gasteiger partial charge on any atom is 0.123 e. The van der Waals surface area contributed by atoms with Gasteiger partial charge >= 0.3 is 0 Å². The van der Waals surface area contributed by atoms with Gasteiger partial charge in [-0.05, 0) is 54.6 Å². The van der Waals surface area contributed by atoms with Crippen molar-refractivity contribution in [2.45, 2.75) is 13.0 Å². The second-order valence-corrected chi connectivity index (χ2v) is 7.86. The summed E-state index contributed by atoms with van der Waals surface area (Å²) in [6, 6.07) is 24.9. The molecule has 25 heavy (non-hydrogen) atoms. The molecule has 0 aliphatic rings. The Morgan fingerprint density at radius 2 is 1.52 bits per heavy atom. The molecule has 2 nitrogen and oxygen atoms in total. The van der Waals surface area contributed by atoms with Gasteiger partial charge in [-0.1, -0.05) is 69.2 Å². The van der Waals surface area contributed by atoms with Crippen LogP contribution in [0.4, 0.5) is 0 Å². The minimum Gasteiger partial charge on any atom is -0.507 e. The second-order valence-electron chi connectivity index (χ2n) is 6.53. The van der Waals surface area contributed by atoms with Crippen LogP contribution >= 0.6 is 8.58 Å². The molecule has 0 aromatic heterocycles. The Hall–Kier alpha value is -2.15. The van der Waals surface area contributed by atoms with E-state index in [4.69, 9.17) is 0 Å². The summed E-state index contributed by atoms with van der Waals surface area (Å²) in [7, 11) is 4.62. The molecule has 1 unspecified atom stereocenters. The standard InChI is InChI=1S/C22H24NOP/c1-23(2)16-19-10-6-7-11-21(19)25-22-15-18(12-13-20(22)24)14-17-8-4-3-5-9-17/h3-13,15,24-25H,14,16H2,1-2H3. The van der Waals surface area contributed by atoms with E-state index in [2.05, 4.69) is 73.6 Å². The first-order valence-electron chi connectivity index (χ1n) is 8.47. The number of hydrogen-bond donors (Lipinski definition) is 1. The Morgan fingerprint density at radius 1 is 0.800 bits per heavy atom. The van der Waals surface area contributed by atoms with E-state index in [1.807, 2.05) is 18.2 Å². The predicted molar refractivity (Wildman–Crippen MR) is 109 cm³/mol. The van der Waals surface area contributed by atoms with Crippen molar-refractivity contribution in [3.8, 4) is 5.75 Å². The van der Waals surface area contributed by atoms with Crippen LogP contribution in [0, 0.1) is 0 Å². The van der Waals surface area contributed by atoms with Gasteiger partial charge in [0.15, 0.2) is 0 Å². The Morgan fingerprint density at radius 3 is 2.28 bits per heavy atom. The summed E-state index contributed by atoms with van der Waals surface area (Å²) in [6.07, 6.45) is 0.887. The highest BCUT2D eigenvalue weighted by Gasteiger charge is 2.09. The number of nitrogens with zero attached hydrogens (tertiary/aromatic N) is 1. The normalized spacial score (nSPS) is 11.5. The summed E-state index contributed by atoms with van der Waals surface area (Å²) in [5.41, 5.74) is 3.84. The van der Waals surface area contributed by atoms with Gasteiger partial charge < -0.3 is 10.0 Å². The van der Waals surface area contributed by atoms with Gasteiger partial charge in [-0.3, -0.25) is 0 Å². The van der Waals surface area contributed by atoms with Gasteiger partial charge in [0.1, 0.15) is 5.75 Å². The maximum absolute atomic E-state index is 10.3. The van der Waals surface area contributed by atoms with Crippen molar-refractivity contribution in [1.29, 1.82) is 0 Å². The molecule has 3 aromatic rings. The van der Waals surface area contributed by atoms with Crippen LogP contribution < -0.4 is 10.6 Å². The van der Waals surface area contributed by atoms with Crippen molar-refractivity contribution in [1.82, 2.24) is 4.90 Å². The molecule has 0 aliphatic carbocycles. The quantitative estimate of drug-likeness (QED) is 0.687. The number of aromatic hydroxyl groups is 1. The van der Waals surface area contributed by atoms with Crippen LogP contribution in [0.3, 0.4) is 0 Å². The fourth-order valence-electron chi connectivity index (χ4n) is 2.89. The summed E-state index contributed by atoms with van der Waals surface area (Å²) in [4.78, 5) is 2.18. The Kier molecular flexibility index (Phi) is 5.86. The van der Waals surface area contributed by atoms with Crippen molar-refractivity contribution in [2.24, 2.45) is 0 Å². The second kappa shape index (κ2) is 8.29. The third-order valence-electron chi connectivity index (χ3n) is 4.09. The first kappa shape index (κ1) is 17.7. The molecule has 3 rings (SSSR count). The molecule has 0 fully saturated rings. The minimum absolute atomic E-state index is 0.384. The molecule has 0 aliphatic heterocycles. The first-order chi connectivity index (χ1) is 12.1. The molecule has 0 spiro atoms. The van der Waals surface area contributed by atoms with Crippen molar-refractivity contribution < 1.29 is 5.11 Å². The lowest BCUT2D eigenvalue weighted by Crippen LogP contribution is -2.17. The fourth-order valence-corrected chi connectivity index (χ4v) is 4.15. The monoisotopic (exact) mass is 349 g/mol. The molecule has 0 radical (unpaired) electrons. The van der Waals surface area contributed by atoms with Crippen molar-refractivity contribution in [3.63, 3.8) is 0 Å². The van der Waals surface area contributed by atoms with E-state index in [1.165, 1.54) is 22.0 Å². The lowest BCUT2D eigenvalue weighted by molar-refractivity contribution is 0.403. The zero-order valence-corrected chi connectivity index (χ0v) is 15.7. The van der Waals surface area contributed by atoms with Gasteiger partial charge in [0.2, 0.25) is 0 Å². The first-order valence-corrected chi connectivity index (χ1v) is 9.47. The van der Waals surface area contributed by atoms with Crippen LogP contribution in [0.1, 0.15) is 16.7 Å². The van der Waals surface area contributed by atoms with Gasteiger partial charge in [-0.15, -0.1) is 0 Å². The Bertz CT molecular complexity index is 830. The highest BCUT2D eigenvalue weighted by Crippen LogP contribution is 2.22. The van der Waals surface area contributed by atoms with Crippen molar-refractivity contribution >= 4 is 19.2 Å². The molecule has 0 heterocycles. The predicted octanol–water partition coefficient (Wildman–Crippen LogP) is 3.67. The van der Waals surface area contributed by atoms with E-state index in [1.54, 1.807) is 0 Å². The van der Waals surface area contributed by atoms with Crippen LogP contribution in [0.5, 0.6) is 5.75 Å². The zero-order chi connectivity index (χ0) is 17.6. The molecular weight excluding hydrogens is 325 g/mol. The van der Waals surface area contributed by atoms with Gasteiger partial charge in [-0.2, -0.15) is 0 Å². The highest BCUT2D eigenvalue weighted by molar-refractivity contribution is 7.55. The van der Waals surface area contributed by atoms with E-state index in [0.717, 1.165) is 18.3 Å². The summed E-state index contributed by atoms with van der Waals surface area (Å²) in [5.74, 6) is 0.384.